The number of rotatable bonds is 7. The first kappa shape index (κ1) is 48.6. The van der Waals surface area contributed by atoms with Gasteiger partial charge in [0, 0.05) is 58.1 Å². The molecule has 0 radical (unpaired) electrons. The fourth-order valence-electron chi connectivity index (χ4n) is 11.0. The molecule has 0 fully saturated rings. The van der Waals surface area contributed by atoms with Gasteiger partial charge >= 0.3 is 11.7 Å². The first-order valence-electron chi connectivity index (χ1n) is 26.8. The maximum absolute atomic E-state index is 7.43. The van der Waals surface area contributed by atoms with E-state index in [-0.39, 0.29) is 21.7 Å². The van der Waals surface area contributed by atoms with Gasteiger partial charge in [-0.2, -0.15) is 0 Å². The molecule has 8 aromatic carbocycles. The Labute approximate surface area is 447 Å². The smallest absolute Gasteiger partial charge is 0.455 e. The third-order valence-electron chi connectivity index (χ3n) is 15.3. The molecule has 6 nitrogen and oxygen atoms in total. The van der Waals surface area contributed by atoms with Gasteiger partial charge in [-0.15, -0.1) is 0 Å². The van der Waals surface area contributed by atoms with Crippen LogP contribution in [0.1, 0.15) is 105 Å². The maximum atomic E-state index is 7.43. The number of pyridine rings is 1. The fraction of sp³-hybridized carbons (Fsp3) is 0.229. The van der Waals surface area contributed by atoms with Gasteiger partial charge < -0.3 is 9.30 Å². The Kier molecular flexibility index (Phi) is 11.3. The molecule has 1 aliphatic heterocycles. The first-order chi connectivity index (χ1) is 36.2. The number of nitrogens with zero attached hydrogens (tertiary/aromatic N) is 5. The number of hydrogen-bond donors (Lipinski definition) is 0. The second-order valence-corrected chi connectivity index (χ2v) is 24.9. The largest absolute Gasteiger partial charge is 0.503 e. The van der Waals surface area contributed by atoms with E-state index in [4.69, 9.17) is 9.72 Å². The molecular weight excluding hydrogens is 927 g/mol. The number of benzene rings is 8. The molecule has 0 N–H and O–H groups in total. The summed E-state index contributed by atoms with van der Waals surface area (Å²) < 4.78 is 16.6. The van der Waals surface area contributed by atoms with Gasteiger partial charge in [-0.05, 0) is 107 Å². The first-order valence-corrected chi connectivity index (χ1v) is 26.8. The SMILES string of the molecule is CC(C)(C)c1cccc(-c2cccc3c2[N+](c2cc(C(C)(C)C)cc(C(C)(C)C)c2)=C=[N+]3c2cccc(Oc3cc4c(cc3-n3c5ccccc5c5ccccc53)c3ccccc3n4-c3cc(C(C)(C)C)ccn3)c2)c1. The minimum atomic E-state index is -0.0765. The molecule has 0 spiro atoms. The zero-order valence-corrected chi connectivity index (χ0v) is 46.0. The molecule has 76 heavy (non-hydrogen) atoms. The average molecular weight is 994 g/mol. The van der Waals surface area contributed by atoms with E-state index in [1.165, 1.54) is 38.6 Å². The van der Waals surface area contributed by atoms with Crippen molar-refractivity contribution < 1.29 is 4.74 Å². The lowest BCUT2D eigenvalue weighted by Crippen LogP contribution is -2.17. The van der Waals surface area contributed by atoms with Gasteiger partial charge in [-0.3, -0.25) is 4.57 Å². The van der Waals surface area contributed by atoms with Crippen molar-refractivity contribution in [1.82, 2.24) is 23.3 Å². The van der Waals surface area contributed by atoms with E-state index in [2.05, 4.69) is 289 Å². The highest BCUT2D eigenvalue weighted by Crippen LogP contribution is 2.47. The summed E-state index contributed by atoms with van der Waals surface area (Å²) in [6.07, 6.45) is 1.94. The Morgan fingerprint density at radius 2 is 0.987 bits per heavy atom. The predicted octanol–water partition coefficient (Wildman–Crippen LogP) is 18.8. The molecule has 4 heterocycles. The monoisotopic (exact) mass is 994 g/mol. The van der Waals surface area contributed by atoms with Gasteiger partial charge in [-0.25, -0.2) is 4.98 Å². The molecule has 0 unspecified atom stereocenters. The van der Waals surface area contributed by atoms with Gasteiger partial charge in [0.25, 0.3) is 5.69 Å². The third-order valence-corrected chi connectivity index (χ3v) is 15.3. The summed E-state index contributed by atoms with van der Waals surface area (Å²) in [7, 11) is 0. The van der Waals surface area contributed by atoms with Crippen molar-refractivity contribution in [2.75, 3.05) is 0 Å². The number of ether oxygens (including phenoxy) is 1. The summed E-state index contributed by atoms with van der Waals surface area (Å²) >= 11 is 0. The Morgan fingerprint density at radius 3 is 1.62 bits per heavy atom. The van der Waals surface area contributed by atoms with Gasteiger partial charge in [0.1, 0.15) is 11.6 Å². The lowest BCUT2D eigenvalue weighted by atomic mass is 9.80. The molecule has 12 rings (SSSR count). The summed E-state index contributed by atoms with van der Waals surface area (Å²) in [5.41, 5.74) is 16.6. The molecule has 6 heteroatoms. The van der Waals surface area contributed by atoms with E-state index in [0.29, 0.717) is 5.75 Å². The Hall–Kier alpha value is -8.31. The second kappa shape index (κ2) is 17.7. The zero-order chi connectivity index (χ0) is 53.1. The molecule has 0 saturated carbocycles. The molecule has 11 aromatic rings. The van der Waals surface area contributed by atoms with Crippen LogP contribution in [0.25, 0.3) is 66.2 Å². The summed E-state index contributed by atoms with van der Waals surface area (Å²) in [5.74, 6) is 2.29. The molecule has 0 bridgehead atoms. The van der Waals surface area contributed by atoms with Crippen LogP contribution in [0.4, 0.5) is 22.7 Å². The molecule has 0 aliphatic carbocycles. The van der Waals surface area contributed by atoms with Gasteiger partial charge in [-0.1, -0.05) is 180 Å². The summed E-state index contributed by atoms with van der Waals surface area (Å²) in [5, 5.41) is 4.63. The van der Waals surface area contributed by atoms with Crippen LogP contribution in [0, 0.1) is 0 Å². The Morgan fingerprint density at radius 1 is 0.421 bits per heavy atom. The van der Waals surface area contributed by atoms with Crippen molar-refractivity contribution >= 4 is 72.4 Å². The van der Waals surface area contributed by atoms with Crippen LogP contribution in [0.15, 0.2) is 188 Å². The van der Waals surface area contributed by atoms with E-state index in [9.17, 15) is 0 Å². The van der Waals surface area contributed by atoms with E-state index in [1.807, 2.05) is 6.20 Å². The summed E-state index contributed by atoms with van der Waals surface area (Å²) in [6.45, 7) is 27.4. The lowest BCUT2D eigenvalue weighted by Gasteiger charge is -2.24. The van der Waals surface area contributed by atoms with Gasteiger partial charge in [0.05, 0.1) is 39.4 Å². The van der Waals surface area contributed by atoms with Crippen LogP contribution >= 0.6 is 0 Å². The Bertz CT molecular complexity index is 4140. The molecule has 0 atom stereocenters. The van der Waals surface area contributed by atoms with E-state index >= 15 is 0 Å². The maximum Gasteiger partial charge on any atom is 0.503 e. The van der Waals surface area contributed by atoms with E-state index in [1.54, 1.807) is 0 Å². The molecule has 1 aliphatic rings. The molecule has 376 valence electrons. The van der Waals surface area contributed by atoms with Gasteiger partial charge in [0.15, 0.2) is 5.75 Å². The molecule has 0 saturated heterocycles. The van der Waals surface area contributed by atoms with Crippen molar-refractivity contribution in [3.05, 3.63) is 210 Å². The quantitative estimate of drug-likeness (QED) is 0.149. The zero-order valence-electron chi connectivity index (χ0n) is 46.0. The normalized spacial score (nSPS) is 13.2. The minimum Gasteiger partial charge on any atom is -0.455 e. The highest BCUT2D eigenvalue weighted by atomic mass is 16.5. The minimum absolute atomic E-state index is 0.0161. The standard InChI is InChI=1S/C70H67N5O/c1-67(2,3)46-23-19-22-45(36-46)53-29-21-33-61-66(53)73(51-38-48(69(7,8)9)37-49(39-51)70(10,11)12)44-72(61)50-24-20-25-52(41-50)76-64-43-62-57(42-63(64)74-58-30-16-13-26-54(58)55-27-14-17-31-59(55)74)56-28-15-18-32-60(56)75(62)65-40-47(34-35-71-65)68(4,5)6/h13-43H,1-12H3/q+2. The van der Waals surface area contributed by atoms with Gasteiger partial charge in [0.2, 0.25) is 11.4 Å². The predicted molar refractivity (Wildman–Crippen MR) is 320 cm³/mol. The van der Waals surface area contributed by atoms with Crippen molar-refractivity contribution in [3.63, 3.8) is 0 Å². The van der Waals surface area contributed by atoms with Crippen LogP contribution in [0.2, 0.25) is 0 Å². The van der Waals surface area contributed by atoms with Crippen LogP contribution in [-0.2, 0) is 21.7 Å². The molecular formula is C70H67N5O+2. The summed E-state index contributed by atoms with van der Waals surface area (Å²) in [4.78, 5) is 5.04. The van der Waals surface area contributed by atoms with Crippen molar-refractivity contribution in [3.8, 4) is 34.1 Å². The number of para-hydroxylation sites is 4. The second-order valence-electron chi connectivity index (χ2n) is 24.9. The fourth-order valence-corrected chi connectivity index (χ4v) is 11.0. The highest BCUT2D eigenvalue weighted by molar-refractivity contribution is 6.13. The van der Waals surface area contributed by atoms with Crippen LogP contribution in [0.3, 0.4) is 0 Å². The molecule has 3 aromatic heterocycles. The number of hydrogen-bond acceptors (Lipinski definition) is 2. The summed E-state index contributed by atoms with van der Waals surface area (Å²) in [6, 6.07) is 70.2. The van der Waals surface area contributed by atoms with E-state index in [0.717, 1.165) is 78.4 Å². The van der Waals surface area contributed by atoms with Crippen LogP contribution < -0.4 is 13.9 Å². The molecule has 0 amide bonds. The lowest BCUT2D eigenvalue weighted by molar-refractivity contribution is 0.481. The topological polar surface area (TPSA) is 38.0 Å². The van der Waals surface area contributed by atoms with Crippen molar-refractivity contribution in [2.24, 2.45) is 0 Å². The van der Waals surface area contributed by atoms with Crippen LogP contribution in [-0.4, -0.2) is 20.1 Å². The Balaban J connectivity index is 1.09. The number of fused-ring (bicyclic) bond motifs is 7. The van der Waals surface area contributed by atoms with Crippen LogP contribution in [0.5, 0.6) is 11.5 Å². The average Bonchev–Trinajstić information content (AvgIpc) is 4.09. The van der Waals surface area contributed by atoms with E-state index < -0.39 is 0 Å². The highest BCUT2D eigenvalue weighted by Gasteiger charge is 2.41. The number of aromatic nitrogens is 3. The van der Waals surface area contributed by atoms with Crippen molar-refractivity contribution in [1.29, 1.82) is 0 Å². The third kappa shape index (κ3) is 8.42. The van der Waals surface area contributed by atoms with Crippen molar-refractivity contribution in [2.45, 2.75) is 105 Å².